The normalized spacial score (nSPS) is 15.0. The Morgan fingerprint density at radius 1 is 1.43 bits per heavy atom. The van der Waals surface area contributed by atoms with Crippen molar-refractivity contribution in [3.63, 3.8) is 0 Å². The number of carboxylic acids is 1. The van der Waals surface area contributed by atoms with Crippen LogP contribution in [-0.2, 0) is 11.2 Å². The maximum Gasteiger partial charge on any atom is 0.323 e. The van der Waals surface area contributed by atoms with Crippen molar-refractivity contribution < 1.29 is 9.90 Å². The fourth-order valence-electron chi connectivity index (χ4n) is 1.94. The Morgan fingerprint density at radius 3 is 3.00 bits per heavy atom. The molecule has 0 aromatic heterocycles. The number of fused-ring (bicyclic) bond motifs is 1. The van der Waals surface area contributed by atoms with Gasteiger partial charge < -0.3 is 10.0 Å². The van der Waals surface area contributed by atoms with Crippen molar-refractivity contribution in [2.24, 2.45) is 0 Å². The Hall–Kier alpha value is -1.51. The Morgan fingerprint density at radius 2 is 2.21 bits per heavy atom. The van der Waals surface area contributed by atoms with Gasteiger partial charge in [0.2, 0.25) is 0 Å². The Bertz CT molecular complexity index is 349. The zero-order chi connectivity index (χ0) is 9.97. The number of para-hydroxylation sites is 1. The van der Waals surface area contributed by atoms with Gasteiger partial charge in [0.25, 0.3) is 0 Å². The van der Waals surface area contributed by atoms with Crippen molar-refractivity contribution >= 4 is 11.7 Å². The quantitative estimate of drug-likeness (QED) is 0.770. The number of nitrogens with zero attached hydrogens (tertiary/aromatic N) is 1. The maximum atomic E-state index is 10.6. The molecule has 1 aliphatic heterocycles. The number of hydrogen-bond donors (Lipinski definition) is 1. The molecule has 3 nitrogen and oxygen atoms in total. The first kappa shape index (κ1) is 9.06. The highest BCUT2D eigenvalue weighted by Crippen LogP contribution is 2.25. The second kappa shape index (κ2) is 3.70. The van der Waals surface area contributed by atoms with Gasteiger partial charge in [-0.05, 0) is 24.5 Å². The van der Waals surface area contributed by atoms with Crippen molar-refractivity contribution in [2.45, 2.75) is 12.8 Å². The average molecular weight is 191 g/mol. The van der Waals surface area contributed by atoms with Crippen LogP contribution in [0.1, 0.15) is 12.0 Å². The van der Waals surface area contributed by atoms with Crippen LogP contribution in [0.15, 0.2) is 24.3 Å². The number of anilines is 1. The molecule has 1 aromatic carbocycles. The highest BCUT2D eigenvalue weighted by molar-refractivity contribution is 5.74. The van der Waals surface area contributed by atoms with E-state index in [9.17, 15) is 4.79 Å². The van der Waals surface area contributed by atoms with Crippen LogP contribution in [0.2, 0.25) is 0 Å². The zero-order valence-electron chi connectivity index (χ0n) is 7.94. The molecular formula is C11H13NO2. The summed E-state index contributed by atoms with van der Waals surface area (Å²) in [5.74, 6) is -0.762. The second-order valence-electron chi connectivity index (χ2n) is 3.55. The summed E-state index contributed by atoms with van der Waals surface area (Å²) >= 11 is 0. The molecule has 1 aliphatic rings. The van der Waals surface area contributed by atoms with Crippen LogP contribution in [0, 0.1) is 0 Å². The van der Waals surface area contributed by atoms with E-state index in [1.807, 2.05) is 23.1 Å². The van der Waals surface area contributed by atoms with Crippen molar-refractivity contribution in [3.05, 3.63) is 29.8 Å². The molecule has 1 aromatic rings. The van der Waals surface area contributed by atoms with E-state index in [0.717, 1.165) is 25.1 Å². The molecule has 0 saturated heterocycles. The first-order chi connectivity index (χ1) is 6.77. The van der Waals surface area contributed by atoms with Gasteiger partial charge in [-0.2, -0.15) is 0 Å². The molecule has 1 N–H and O–H groups in total. The summed E-state index contributed by atoms with van der Waals surface area (Å²) in [4.78, 5) is 12.6. The molecule has 0 fully saturated rings. The largest absolute Gasteiger partial charge is 0.480 e. The minimum atomic E-state index is -0.762. The predicted octanol–water partition coefficient (Wildman–Crippen LogP) is 1.52. The van der Waals surface area contributed by atoms with Crippen LogP contribution in [0.4, 0.5) is 5.69 Å². The smallest absolute Gasteiger partial charge is 0.323 e. The molecule has 14 heavy (non-hydrogen) atoms. The third-order valence-electron chi connectivity index (χ3n) is 2.53. The number of carboxylic acid groups (broad SMARTS) is 1. The number of hydrogen-bond acceptors (Lipinski definition) is 2. The van der Waals surface area contributed by atoms with Crippen LogP contribution in [-0.4, -0.2) is 24.2 Å². The van der Waals surface area contributed by atoms with Gasteiger partial charge in [-0.15, -0.1) is 0 Å². The van der Waals surface area contributed by atoms with Gasteiger partial charge in [-0.25, -0.2) is 0 Å². The monoisotopic (exact) mass is 191 g/mol. The van der Waals surface area contributed by atoms with Crippen molar-refractivity contribution in [1.29, 1.82) is 0 Å². The minimum absolute atomic E-state index is 0.108. The Balaban J connectivity index is 2.26. The SMILES string of the molecule is O=C(O)CN1CCCc2ccccc21. The van der Waals surface area contributed by atoms with Crippen molar-refractivity contribution in [2.75, 3.05) is 18.0 Å². The highest BCUT2D eigenvalue weighted by atomic mass is 16.4. The molecule has 1 heterocycles. The van der Waals surface area contributed by atoms with E-state index in [4.69, 9.17) is 5.11 Å². The lowest BCUT2D eigenvalue weighted by molar-refractivity contribution is -0.135. The zero-order valence-corrected chi connectivity index (χ0v) is 7.94. The van der Waals surface area contributed by atoms with Gasteiger partial charge in [-0.1, -0.05) is 18.2 Å². The lowest BCUT2D eigenvalue weighted by atomic mass is 10.0. The number of aryl methyl sites for hydroxylation is 1. The fraction of sp³-hybridized carbons (Fsp3) is 0.364. The number of aliphatic carboxylic acids is 1. The van der Waals surface area contributed by atoms with Crippen LogP contribution in [0.5, 0.6) is 0 Å². The summed E-state index contributed by atoms with van der Waals surface area (Å²) in [5.41, 5.74) is 2.35. The molecule has 0 saturated carbocycles. The van der Waals surface area contributed by atoms with E-state index in [0.29, 0.717) is 0 Å². The molecule has 0 aliphatic carbocycles. The van der Waals surface area contributed by atoms with E-state index in [1.54, 1.807) is 0 Å². The summed E-state index contributed by atoms with van der Waals surface area (Å²) < 4.78 is 0. The summed E-state index contributed by atoms with van der Waals surface area (Å²) in [6.45, 7) is 0.959. The summed E-state index contributed by atoms with van der Waals surface area (Å²) in [7, 11) is 0. The summed E-state index contributed by atoms with van der Waals surface area (Å²) in [6, 6.07) is 8.03. The lowest BCUT2D eigenvalue weighted by Gasteiger charge is -2.29. The average Bonchev–Trinajstić information content (AvgIpc) is 2.18. The molecule has 3 heteroatoms. The van der Waals surface area contributed by atoms with Crippen molar-refractivity contribution in [3.8, 4) is 0 Å². The number of carbonyl (C=O) groups is 1. The topological polar surface area (TPSA) is 40.5 Å². The standard InChI is InChI=1S/C11H13NO2/c13-11(14)8-12-7-3-5-9-4-1-2-6-10(9)12/h1-2,4,6H,3,5,7-8H2,(H,13,14). The molecular weight excluding hydrogens is 178 g/mol. The number of rotatable bonds is 2. The third kappa shape index (κ3) is 1.71. The first-order valence-electron chi connectivity index (χ1n) is 4.82. The first-order valence-corrected chi connectivity index (χ1v) is 4.82. The Labute approximate surface area is 83.0 Å². The second-order valence-corrected chi connectivity index (χ2v) is 3.55. The summed E-state index contributed by atoms with van der Waals surface area (Å²) in [5, 5.41) is 8.75. The molecule has 0 unspecified atom stereocenters. The van der Waals surface area contributed by atoms with E-state index >= 15 is 0 Å². The number of benzene rings is 1. The van der Waals surface area contributed by atoms with Crippen LogP contribution in [0.3, 0.4) is 0 Å². The molecule has 2 rings (SSSR count). The van der Waals surface area contributed by atoms with Gasteiger partial charge >= 0.3 is 5.97 Å². The van der Waals surface area contributed by atoms with E-state index in [1.165, 1.54) is 5.56 Å². The van der Waals surface area contributed by atoms with Gasteiger partial charge in [0.1, 0.15) is 6.54 Å². The minimum Gasteiger partial charge on any atom is -0.480 e. The van der Waals surface area contributed by atoms with Crippen LogP contribution in [0.25, 0.3) is 0 Å². The lowest BCUT2D eigenvalue weighted by Crippen LogP contribution is -2.34. The van der Waals surface area contributed by atoms with Gasteiger partial charge in [0, 0.05) is 12.2 Å². The third-order valence-corrected chi connectivity index (χ3v) is 2.53. The van der Waals surface area contributed by atoms with E-state index in [2.05, 4.69) is 6.07 Å². The summed E-state index contributed by atoms with van der Waals surface area (Å²) in [6.07, 6.45) is 2.11. The molecule has 0 radical (unpaired) electrons. The molecule has 0 bridgehead atoms. The van der Waals surface area contributed by atoms with Gasteiger partial charge in [-0.3, -0.25) is 4.79 Å². The fourth-order valence-corrected chi connectivity index (χ4v) is 1.94. The molecule has 0 spiro atoms. The molecule has 0 amide bonds. The van der Waals surface area contributed by atoms with E-state index in [-0.39, 0.29) is 6.54 Å². The van der Waals surface area contributed by atoms with Crippen LogP contribution >= 0.6 is 0 Å². The Kier molecular flexibility index (Phi) is 2.39. The molecule has 74 valence electrons. The molecule has 0 atom stereocenters. The van der Waals surface area contributed by atoms with Gasteiger partial charge in [0.15, 0.2) is 0 Å². The van der Waals surface area contributed by atoms with Crippen LogP contribution < -0.4 is 4.90 Å². The predicted molar refractivity (Wildman–Crippen MR) is 54.6 cm³/mol. The van der Waals surface area contributed by atoms with Crippen molar-refractivity contribution in [1.82, 2.24) is 0 Å². The van der Waals surface area contributed by atoms with Gasteiger partial charge in [0.05, 0.1) is 0 Å². The highest BCUT2D eigenvalue weighted by Gasteiger charge is 2.17. The maximum absolute atomic E-state index is 10.6. The van der Waals surface area contributed by atoms with E-state index < -0.39 is 5.97 Å².